The first kappa shape index (κ1) is 10.8. The minimum absolute atomic E-state index is 0.663. The molecular formula is C9H10BrN3OS. The Morgan fingerprint density at radius 2 is 2.47 bits per heavy atom. The third-order valence-electron chi connectivity index (χ3n) is 1.98. The molecule has 0 bridgehead atoms. The monoisotopic (exact) mass is 287 g/mol. The van der Waals surface area contributed by atoms with Gasteiger partial charge in [-0.15, -0.1) is 21.5 Å². The smallest absolute Gasteiger partial charge is 0.164 e. The predicted molar refractivity (Wildman–Crippen MR) is 62.9 cm³/mol. The first-order valence-corrected chi connectivity index (χ1v) is 6.09. The Labute approximate surface area is 100 Å². The molecule has 0 amide bonds. The Morgan fingerprint density at radius 1 is 1.60 bits per heavy atom. The van der Waals surface area contributed by atoms with Crippen molar-refractivity contribution in [3.05, 3.63) is 21.6 Å². The summed E-state index contributed by atoms with van der Waals surface area (Å²) in [7, 11) is 1.69. The Balaban J connectivity index is 2.24. The van der Waals surface area contributed by atoms with Crippen LogP contribution in [-0.4, -0.2) is 28.5 Å². The van der Waals surface area contributed by atoms with Crippen LogP contribution in [0, 0.1) is 0 Å². The maximum atomic E-state index is 5.03. The molecule has 80 valence electrons. The van der Waals surface area contributed by atoms with Crippen molar-refractivity contribution in [1.82, 2.24) is 14.8 Å². The fourth-order valence-electron chi connectivity index (χ4n) is 1.26. The van der Waals surface area contributed by atoms with Crippen LogP contribution < -0.4 is 0 Å². The molecule has 0 spiro atoms. The zero-order chi connectivity index (χ0) is 10.7. The van der Waals surface area contributed by atoms with Gasteiger partial charge in [0.15, 0.2) is 5.82 Å². The molecule has 6 heteroatoms. The van der Waals surface area contributed by atoms with Gasteiger partial charge in [-0.25, -0.2) is 0 Å². The summed E-state index contributed by atoms with van der Waals surface area (Å²) in [6.07, 6.45) is 1.72. The molecule has 2 aromatic heterocycles. The molecule has 0 saturated carbocycles. The fourth-order valence-corrected chi connectivity index (χ4v) is 2.39. The van der Waals surface area contributed by atoms with Gasteiger partial charge in [-0.05, 0) is 22.0 Å². The molecular weight excluding hydrogens is 278 g/mol. The zero-order valence-corrected chi connectivity index (χ0v) is 10.6. The van der Waals surface area contributed by atoms with Crippen LogP contribution in [-0.2, 0) is 11.3 Å². The molecule has 2 rings (SSSR count). The second-order valence-corrected chi connectivity index (χ2v) is 5.27. The van der Waals surface area contributed by atoms with Crippen molar-refractivity contribution in [3.63, 3.8) is 0 Å². The maximum absolute atomic E-state index is 5.03. The second kappa shape index (κ2) is 4.87. The first-order chi connectivity index (χ1) is 7.31. The van der Waals surface area contributed by atoms with E-state index in [0.717, 1.165) is 21.7 Å². The van der Waals surface area contributed by atoms with Gasteiger partial charge in [-0.3, -0.25) is 0 Å². The Hall–Kier alpha value is -0.720. The molecule has 0 aromatic carbocycles. The summed E-state index contributed by atoms with van der Waals surface area (Å²) in [5.74, 6) is 0.883. The molecule has 0 aliphatic carbocycles. The van der Waals surface area contributed by atoms with Crippen LogP contribution in [0.5, 0.6) is 0 Å². The van der Waals surface area contributed by atoms with E-state index in [-0.39, 0.29) is 0 Å². The summed E-state index contributed by atoms with van der Waals surface area (Å²) in [6.45, 7) is 1.43. The van der Waals surface area contributed by atoms with Crippen LogP contribution in [0.15, 0.2) is 21.6 Å². The average Bonchev–Trinajstić information content (AvgIpc) is 2.82. The van der Waals surface area contributed by atoms with E-state index in [1.165, 1.54) is 0 Å². The minimum Gasteiger partial charge on any atom is -0.383 e. The lowest BCUT2D eigenvalue weighted by Crippen LogP contribution is -2.04. The lowest BCUT2D eigenvalue weighted by Gasteiger charge is -2.03. The predicted octanol–water partition coefficient (Wildman–Crippen LogP) is 2.42. The number of rotatable bonds is 4. The van der Waals surface area contributed by atoms with Crippen molar-refractivity contribution in [2.24, 2.45) is 0 Å². The van der Waals surface area contributed by atoms with E-state index in [9.17, 15) is 0 Å². The van der Waals surface area contributed by atoms with Crippen LogP contribution in [0.25, 0.3) is 11.4 Å². The van der Waals surface area contributed by atoms with E-state index in [0.29, 0.717) is 6.61 Å². The normalized spacial score (nSPS) is 10.8. The number of aromatic nitrogens is 3. The number of thiophene rings is 1. The minimum atomic E-state index is 0.663. The summed E-state index contributed by atoms with van der Waals surface area (Å²) in [6, 6.07) is 2.04. The van der Waals surface area contributed by atoms with E-state index >= 15 is 0 Å². The highest BCUT2D eigenvalue weighted by atomic mass is 79.9. The molecule has 0 N–H and O–H groups in total. The standard InChI is InChI=1S/C9H10BrN3OS/c1-14-3-2-13-6-11-12-9(13)7-4-8(10)15-5-7/h4-6H,2-3H2,1H3. The number of methoxy groups -OCH3 is 1. The third kappa shape index (κ3) is 2.45. The highest BCUT2D eigenvalue weighted by Gasteiger charge is 2.08. The van der Waals surface area contributed by atoms with Crippen molar-refractivity contribution in [2.75, 3.05) is 13.7 Å². The highest BCUT2D eigenvalue weighted by molar-refractivity contribution is 9.11. The molecule has 0 saturated heterocycles. The molecule has 0 unspecified atom stereocenters. The Kier molecular flexibility index (Phi) is 3.50. The van der Waals surface area contributed by atoms with E-state index in [1.807, 2.05) is 10.6 Å². The Bertz CT molecular complexity index is 440. The van der Waals surface area contributed by atoms with Crippen molar-refractivity contribution >= 4 is 27.3 Å². The number of hydrogen-bond acceptors (Lipinski definition) is 4. The van der Waals surface area contributed by atoms with Gasteiger partial charge in [0.1, 0.15) is 6.33 Å². The average molecular weight is 288 g/mol. The Morgan fingerprint density at radius 3 is 3.13 bits per heavy atom. The molecule has 2 aromatic rings. The molecule has 15 heavy (non-hydrogen) atoms. The van der Waals surface area contributed by atoms with Crippen molar-refractivity contribution < 1.29 is 4.74 Å². The molecule has 0 aliphatic heterocycles. The largest absolute Gasteiger partial charge is 0.383 e. The van der Waals surface area contributed by atoms with Gasteiger partial charge >= 0.3 is 0 Å². The number of halogens is 1. The van der Waals surface area contributed by atoms with Crippen molar-refractivity contribution in [2.45, 2.75) is 6.54 Å². The lowest BCUT2D eigenvalue weighted by molar-refractivity contribution is 0.187. The molecule has 0 aliphatic rings. The summed E-state index contributed by atoms with van der Waals surface area (Å²) in [5.41, 5.74) is 1.08. The summed E-state index contributed by atoms with van der Waals surface area (Å²) < 4.78 is 8.11. The molecule has 4 nitrogen and oxygen atoms in total. The van der Waals surface area contributed by atoms with Crippen molar-refractivity contribution in [3.8, 4) is 11.4 Å². The first-order valence-electron chi connectivity index (χ1n) is 4.42. The van der Waals surface area contributed by atoms with Gasteiger partial charge in [0.2, 0.25) is 0 Å². The second-order valence-electron chi connectivity index (χ2n) is 2.98. The number of nitrogens with zero attached hydrogens (tertiary/aromatic N) is 3. The van der Waals surface area contributed by atoms with Crippen molar-refractivity contribution in [1.29, 1.82) is 0 Å². The fraction of sp³-hybridized carbons (Fsp3) is 0.333. The quantitative estimate of drug-likeness (QED) is 0.867. The van der Waals surface area contributed by atoms with E-state index in [2.05, 4.69) is 31.5 Å². The van der Waals surface area contributed by atoms with Gasteiger partial charge in [-0.2, -0.15) is 0 Å². The summed E-state index contributed by atoms with van der Waals surface area (Å²) >= 11 is 5.07. The molecule has 2 heterocycles. The molecule has 0 fully saturated rings. The molecule has 0 radical (unpaired) electrons. The van der Waals surface area contributed by atoms with Crippen LogP contribution in [0.1, 0.15) is 0 Å². The summed E-state index contributed by atoms with van der Waals surface area (Å²) in [5, 5.41) is 10.1. The van der Waals surface area contributed by atoms with E-state index in [1.54, 1.807) is 24.8 Å². The van der Waals surface area contributed by atoms with Crippen LogP contribution >= 0.6 is 27.3 Å². The van der Waals surface area contributed by atoms with Gasteiger partial charge in [-0.1, -0.05) is 0 Å². The summed E-state index contributed by atoms with van der Waals surface area (Å²) in [4.78, 5) is 0. The van der Waals surface area contributed by atoms with E-state index in [4.69, 9.17) is 4.74 Å². The highest BCUT2D eigenvalue weighted by Crippen LogP contribution is 2.27. The van der Waals surface area contributed by atoms with Crippen LogP contribution in [0.4, 0.5) is 0 Å². The van der Waals surface area contributed by atoms with Crippen LogP contribution in [0.3, 0.4) is 0 Å². The van der Waals surface area contributed by atoms with Crippen LogP contribution in [0.2, 0.25) is 0 Å². The van der Waals surface area contributed by atoms with Gasteiger partial charge in [0.25, 0.3) is 0 Å². The third-order valence-corrected chi connectivity index (χ3v) is 3.48. The molecule has 0 atom stereocenters. The van der Waals surface area contributed by atoms with Gasteiger partial charge in [0, 0.05) is 24.6 Å². The topological polar surface area (TPSA) is 39.9 Å². The maximum Gasteiger partial charge on any atom is 0.164 e. The zero-order valence-electron chi connectivity index (χ0n) is 8.18. The van der Waals surface area contributed by atoms with Gasteiger partial charge in [0.05, 0.1) is 10.4 Å². The number of hydrogen-bond donors (Lipinski definition) is 0. The van der Waals surface area contributed by atoms with E-state index < -0.39 is 0 Å². The number of ether oxygens (including phenoxy) is 1. The SMILES string of the molecule is COCCn1cnnc1-c1csc(Br)c1. The lowest BCUT2D eigenvalue weighted by atomic mass is 10.3. The van der Waals surface area contributed by atoms with Gasteiger partial charge < -0.3 is 9.30 Å².